The van der Waals surface area contributed by atoms with Gasteiger partial charge in [0.2, 0.25) is 5.96 Å². The van der Waals surface area contributed by atoms with Gasteiger partial charge in [0.1, 0.15) is 0 Å². The summed E-state index contributed by atoms with van der Waals surface area (Å²) in [5.74, 6) is 0.742. The molecule has 0 saturated heterocycles. The van der Waals surface area contributed by atoms with Crippen molar-refractivity contribution < 1.29 is 17.1 Å². The standard InChI is InChI=1S/C16H15N4S.Cu/c21-16(19-14-9-5-2-6-10-14)20-12-11-17-15(20)18-13-7-3-1-4-8-13;/h1-9H,11-12H2,(H,17,18)(H,19,21);/q-1;+2/p-1. The van der Waals surface area contributed by atoms with Crippen LogP contribution in [0.5, 0.6) is 0 Å². The number of anilines is 1. The third-order valence-corrected chi connectivity index (χ3v) is 3.32. The van der Waals surface area contributed by atoms with Crippen LogP contribution in [0.25, 0.3) is 0 Å². The Balaban J connectivity index is 0.00000176. The van der Waals surface area contributed by atoms with Gasteiger partial charge in [0.15, 0.2) is 0 Å². The van der Waals surface area contributed by atoms with Crippen LogP contribution in [0.4, 0.5) is 11.4 Å². The van der Waals surface area contributed by atoms with Gasteiger partial charge in [-0.25, -0.2) is 0 Å². The summed E-state index contributed by atoms with van der Waals surface area (Å²) in [4.78, 5) is 10.8. The summed E-state index contributed by atoms with van der Waals surface area (Å²) in [5.41, 5.74) is 1.71. The third kappa shape index (κ3) is 4.07. The number of nitrogens with one attached hydrogen (secondary N) is 1. The summed E-state index contributed by atoms with van der Waals surface area (Å²) in [6, 6.07) is 20.5. The molecule has 1 aliphatic heterocycles. The zero-order valence-electron chi connectivity index (χ0n) is 11.7. The van der Waals surface area contributed by atoms with E-state index in [9.17, 15) is 0 Å². The molecule has 1 aliphatic rings. The molecule has 1 N–H and O–H groups in total. The Morgan fingerprint density at radius 1 is 1.18 bits per heavy atom. The number of aliphatic imine (C=N–C) groups is 2. The summed E-state index contributed by atoms with van der Waals surface area (Å²) in [6.45, 7) is 1.45. The first kappa shape index (κ1) is 16.5. The largest absolute Gasteiger partial charge is 2.00 e. The minimum atomic E-state index is 0. The van der Waals surface area contributed by atoms with Crippen LogP contribution in [0.15, 0.2) is 64.6 Å². The zero-order chi connectivity index (χ0) is 14.5. The molecule has 0 aromatic heterocycles. The predicted octanol–water partition coefficient (Wildman–Crippen LogP) is 2.80. The molecule has 0 saturated carbocycles. The molecule has 0 bridgehead atoms. The Morgan fingerprint density at radius 3 is 2.68 bits per heavy atom. The van der Waals surface area contributed by atoms with Gasteiger partial charge in [-0.2, -0.15) is 24.3 Å². The first-order chi connectivity index (χ1) is 10.3. The van der Waals surface area contributed by atoms with Crippen LogP contribution in [0.1, 0.15) is 0 Å². The Bertz CT molecular complexity index is 658. The van der Waals surface area contributed by atoms with E-state index in [0.29, 0.717) is 11.7 Å². The molecular weight excluding hydrogens is 344 g/mol. The zero-order valence-corrected chi connectivity index (χ0v) is 13.4. The first-order valence-electron chi connectivity index (χ1n) is 6.69. The molecular formula is C16H14CuN4S. The van der Waals surface area contributed by atoms with E-state index in [1.54, 1.807) is 0 Å². The van der Waals surface area contributed by atoms with Crippen molar-refractivity contribution in [2.45, 2.75) is 0 Å². The minimum Gasteiger partial charge on any atom is -0.742 e. The minimum absolute atomic E-state index is 0. The van der Waals surface area contributed by atoms with Crippen LogP contribution >= 0.6 is 0 Å². The van der Waals surface area contributed by atoms with Gasteiger partial charge in [-0.15, -0.1) is 6.07 Å². The number of para-hydroxylation sites is 2. The number of nitrogens with zero attached hydrogens (tertiary/aromatic N) is 3. The molecule has 1 radical (unpaired) electrons. The summed E-state index contributed by atoms with van der Waals surface area (Å²) in [7, 11) is 0. The van der Waals surface area contributed by atoms with Crippen LogP contribution in [-0.2, 0) is 29.7 Å². The molecule has 2 aromatic rings. The van der Waals surface area contributed by atoms with Crippen molar-refractivity contribution in [3.8, 4) is 0 Å². The van der Waals surface area contributed by atoms with Gasteiger partial charge in [-0.3, -0.25) is 9.98 Å². The Labute approximate surface area is 146 Å². The van der Waals surface area contributed by atoms with Gasteiger partial charge in [-0.1, -0.05) is 18.2 Å². The summed E-state index contributed by atoms with van der Waals surface area (Å²) < 4.78 is 0. The topological polar surface area (TPSA) is 40.0 Å². The summed E-state index contributed by atoms with van der Waals surface area (Å²) >= 11 is 5.41. The number of guanidine groups is 1. The maximum Gasteiger partial charge on any atom is 2.00 e. The van der Waals surface area contributed by atoms with Crippen molar-refractivity contribution in [2.75, 3.05) is 18.4 Å². The Morgan fingerprint density at radius 2 is 1.95 bits per heavy atom. The molecule has 2 aromatic carbocycles. The number of hydrogen-bond donors (Lipinski definition) is 1. The van der Waals surface area contributed by atoms with Crippen molar-refractivity contribution in [3.05, 3.63) is 60.7 Å². The van der Waals surface area contributed by atoms with Crippen LogP contribution in [0.2, 0.25) is 0 Å². The van der Waals surface area contributed by atoms with E-state index in [-0.39, 0.29) is 17.1 Å². The SMILES string of the molecule is [Cu+2].[S-]C(=Nc1[c-]cccc1)N1CCN=C1Nc1ccccc1. The van der Waals surface area contributed by atoms with E-state index in [4.69, 9.17) is 12.6 Å². The van der Waals surface area contributed by atoms with E-state index >= 15 is 0 Å². The van der Waals surface area contributed by atoms with Gasteiger partial charge in [0.25, 0.3) is 0 Å². The molecule has 0 unspecified atom stereocenters. The fourth-order valence-corrected chi connectivity index (χ4v) is 2.28. The molecule has 0 fully saturated rings. The quantitative estimate of drug-likeness (QED) is 0.295. The number of rotatable bonds is 2. The van der Waals surface area contributed by atoms with E-state index < -0.39 is 0 Å². The van der Waals surface area contributed by atoms with E-state index in [0.717, 1.165) is 23.9 Å². The maximum atomic E-state index is 5.41. The van der Waals surface area contributed by atoms with Crippen molar-refractivity contribution >= 4 is 35.1 Å². The van der Waals surface area contributed by atoms with E-state index in [1.807, 2.05) is 59.5 Å². The second kappa shape index (κ2) is 7.94. The van der Waals surface area contributed by atoms with E-state index in [1.165, 1.54) is 0 Å². The molecule has 0 atom stereocenters. The molecule has 0 spiro atoms. The van der Waals surface area contributed by atoms with Gasteiger partial charge in [-0.05, 0) is 23.0 Å². The molecule has 0 amide bonds. The molecule has 22 heavy (non-hydrogen) atoms. The normalized spacial score (nSPS) is 14.3. The van der Waals surface area contributed by atoms with Crippen LogP contribution < -0.4 is 5.32 Å². The maximum absolute atomic E-state index is 5.41. The van der Waals surface area contributed by atoms with Crippen molar-refractivity contribution in [1.82, 2.24) is 4.90 Å². The van der Waals surface area contributed by atoms with Gasteiger partial charge >= 0.3 is 17.1 Å². The fraction of sp³-hybridized carbons (Fsp3) is 0.125. The third-order valence-electron chi connectivity index (χ3n) is 3.01. The number of benzene rings is 2. The molecule has 0 aliphatic carbocycles. The van der Waals surface area contributed by atoms with Crippen molar-refractivity contribution in [2.24, 2.45) is 9.98 Å². The monoisotopic (exact) mass is 357 g/mol. The Hall–Kier alpha value is -1.88. The van der Waals surface area contributed by atoms with Crippen LogP contribution in [0, 0.1) is 6.07 Å². The summed E-state index contributed by atoms with van der Waals surface area (Å²) in [6.07, 6.45) is 0. The van der Waals surface area contributed by atoms with Crippen molar-refractivity contribution in [3.63, 3.8) is 0 Å². The second-order valence-corrected chi connectivity index (χ2v) is 4.86. The number of hydrogen-bond acceptors (Lipinski definition) is 4. The predicted molar refractivity (Wildman–Crippen MR) is 88.8 cm³/mol. The van der Waals surface area contributed by atoms with Gasteiger partial charge < -0.3 is 22.8 Å². The molecule has 1 heterocycles. The Kier molecular flexibility index (Phi) is 5.95. The second-order valence-electron chi connectivity index (χ2n) is 4.49. The molecule has 3 rings (SSSR count). The van der Waals surface area contributed by atoms with Crippen LogP contribution in [-0.4, -0.2) is 29.1 Å². The van der Waals surface area contributed by atoms with E-state index in [2.05, 4.69) is 21.4 Å². The van der Waals surface area contributed by atoms with Crippen molar-refractivity contribution in [1.29, 1.82) is 0 Å². The smallest absolute Gasteiger partial charge is 0.742 e. The van der Waals surface area contributed by atoms with Crippen LogP contribution in [0.3, 0.4) is 0 Å². The molecule has 6 heteroatoms. The summed E-state index contributed by atoms with van der Waals surface area (Å²) in [5, 5.41) is 3.77. The average Bonchev–Trinajstić information content (AvgIpc) is 2.97. The average molecular weight is 358 g/mol. The first-order valence-corrected chi connectivity index (χ1v) is 7.10. The molecule has 115 valence electrons. The fourth-order valence-electron chi connectivity index (χ4n) is 2.01. The van der Waals surface area contributed by atoms with Gasteiger partial charge in [0, 0.05) is 12.2 Å². The van der Waals surface area contributed by atoms with Gasteiger partial charge in [0.05, 0.1) is 6.54 Å². The number of amidine groups is 1. The molecule has 4 nitrogen and oxygen atoms in total.